The molecule has 0 aliphatic carbocycles. The number of halogens is 1. The molecule has 1 N–H and O–H groups in total. The summed E-state index contributed by atoms with van der Waals surface area (Å²) in [5.41, 5.74) is 0.517. The van der Waals surface area contributed by atoms with Crippen LogP contribution in [0.25, 0.3) is 0 Å². The van der Waals surface area contributed by atoms with Crippen LogP contribution >= 0.6 is 11.6 Å². The van der Waals surface area contributed by atoms with Crippen LogP contribution in [0.4, 0.5) is 4.79 Å². The quantitative estimate of drug-likeness (QED) is 0.863. The fourth-order valence-corrected chi connectivity index (χ4v) is 2.25. The number of aromatic nitrogens is 1. The van der Waals surface area contributed by atoms with Crippen molar-refractivity contribution in [2.24, 2.45) is 0 Å². The summed E-state index contributed by atoms with van der Waals surface area (Å²) < 4.78 is 0. The fraction of sp³-hybridized carbons (Fsp3) is 0.500. The molecule has 2 rings (SSSR count). The zero-order valence-electron chi connectivity index (χ0n) is 12.0. The van der Waals surface area contributed by atoms with E-state index in [0.717, 1.165) is 6.42 Å². The smallest absolute Gasteiger partial charge is 0.317 e. The Bertz CT molecular complexity index is 498. The highest BCUT2D eigenvalue weighted by atomic mass is 35.5. The molecule has 0 aromatic carbocycles. The molecule has 1 aromatic rings. The van der Waals surface area contributed by atoms with E-state index < -0.39 is 0 Å². The predicted octanol–water partition coefficient (Wildman–Crippen LogP) is 1.61. The topological polar surface area (TPSA) is 65.5 Å². The van der Waals surface area contributed by atoms with Crippen molar-refractivity contribution < 1.29 is 9.59 Å². The van der Waals surface area contributed by atoms with Gasteiger partial charge in [-0.15, -0.1) is 0 Å². The second-order valence-electron chi connectivity index (χ2n) is 4.88. The lowest BCUT2D eigenvalue weighted by Gasteiger charge is -2.34. The number of nitrogens with one attached hydrogen (secondary N) is 1. The minimum Gasteiger partial charge on any atom is -0.338 e. The number of rotatable bonds is 3. The number of hydrogen-bond acceptors (Lipinski definition) is 3. The van der Waals surface area contributed by atoms with E-state index in [4.69, 9.17) is 11.6 Å². The van der Waals surface area contributed by atoms with Gasteiger partial charge in [0.15, 0.2) is 0 Å². The largest absolute Gasteiger partial charge is 0.338 e. The van der Waals surface area contributed by atoms with Gasteiger partial charge in [0, 0.05) is 38.9 Å². The number of amides is 3. The van der Waals surface area contributed by atoms with Crippen molar-refractivity contribution in [3.63, 3.8) is 0 Å². The number of hydrogen-bond donors (Lipinski definition) is 1. The van der Waals surface area contributed by atoms with Gasteiger partial charge in [-0.3, -0.25) is 4.79 Å². The van der Waals surface area contributed by atoms with E-state index in [2.05, 4.69) is 10.3 Å². The van der Waals surface area contributed by atoms with Gasteiger partial charge < -0.3 is 15.1 Å². The van der Waals surface area contributed by atoms with Crippen molar-refractivity contribution in [1.29, 1.82) is 0 Å². The maximum atomic E-state index is 12.3. The van der Waals surface area contributed by atoms with Crippen LogP contribution in [0.15, 0.2) is 18.3 Å². The standard InChI is InChI=1S/C14H19ClN4O2/c1-2-5-16-14(21)19-8-6-18(7-9-19)13(20)11-3-4-12(15)17-10-11/h3-4,10H,2,5-9H2,1H3,(H,16,21). The van der Waals surface area contributed by atoms with Gasteiger partial charge in [0.25, 0.3) is 5.91 Å². The van der Waals surface area contributed by atoms with E-state index in [1.807, 2.05) is 6.92 Å². The van der Waals surface area contributed by atoms with Gasteiger partial charge in [0.1, 0.15) is 5.15 Å². The highest BCUT2D eigenvalue weighted by Gasteiger charge is 2.24. The molecule has 3 amide bonds. The van der Waals surface area contributed by atoms with Gasteiger partial charge in [-0.2, -0.15) is 0 Å². The molecule has 6 nitrogen and oxygen atoms in total. The average Bonchev–Trinajstić information content (AvgIpc) is 2.53. The number of carbonyl (C=O) groups excluding carboxylic acids is 2. The highest BCUT2D eigenvalue weighted by Crippen LogP contribution is 2.10. The molecule has 0 atom stereocenters. The van der Waals surface area contributed by atoms with Crippen molar-refractivity contribution in [3.8, 4) is 0 Å². The molecule has 114 valence electrons. The molecule has 7 heteroatoms. The number of piperazine rings is 1. The van der Waals surface area contributed by atoms with E-state index in [0.29, 0.717) is 43.4 Å². The lowest BCUT2D eigenvalue weighted by Crippen LogP contribution is -2.53. The molecular weight excluding hydrogens is 292 g/mol. The molecule has 0 spiro atoms. The Morgan fingerprint density at radius 2 is 1.90 bits per heavy atom. The van der Waals surface area contributed by atoms with E-state index in [9.17, 15) is 9.59 Å². The van der Waals surface area contributed by atoms with Crippen molar-refractivity contribution >= 4 is 23.5 Å². The third kappa shape index (κ3) is 4.07. The van der Waals surface area contributed by atoms with Gasteiger partial charge in [0.2, 0.25) is 0 Å². The maximum Gasteiger partial charge on any atom is 0.317 e. The first-order chi connectivity index (χ1) is 10.1. The summed E-state index contributed by atoms with van der Waals surface area (Å²) in [6.07, 6.45) is 2.39. The summed E-state index contributed by atoms with van der Waals surface area (Å²) in [5, 5.41) is 3.21. The van der Waals surface area contributed by atoms with Crippen LogP contribution in [-0.2, 0) is 0 Å². The van der Waals surface area contributed by atoms with Crippen LogP contribution in [0.3, 0.4) is 0 Å². The van der Waals surface area contributed by atoms with Crippen molar-refractivity contribution in [2.75, 3.05) is 32.7 Å². The van der Waals surface area contributed by atoms with E-state index in [1.165, 1.54) is 6.20 Å². The first-order valence-corrected chi connectivity index (χ1v) is 7.43. The van der Waals surface area contributed by atoms with Crippen molar-refractivity contribution in [1.82, 2.24) is 20.1 Å². The zero-order valence-corrected chi connectivity index (χ0v) is 12.8. The molecule has 0 saturated carbocycles. The van der Waals surface area contributed by atoms with Crippen LogP contribution in [-0.4, -0.2) is 59.4 Å². The Kier molecular flexibility index (Phi) is 5.38. The predicted molar refractivity (Wildman–Crippen MR) is 80.4 cm³/mol. The van der Waals surface area contributed by atoms with Crippen LogP contribution in [0.5, 0.6) is 0 Å². The van der Waals surface area contributed by atoms with Crippen molar-refractivity contribution in [3.05, 3.63) is 29.0 Å². The van der Waals surface area contributed by atoms with Gasteiger partial charge in [-0.25, -0.2) is 9.78 Å². The summed E-state index contributed by atoms with van der Waals surface area (Å²) in [7, 11) is 0. The molecule has 21 heavy (non-hydrogen) atoms. The first kappa shape index (κ1) is 15.6. The first-order valence-electron chi connectivity index (χ1n) is 7.05. The SMILES string of the molecule is CCCNC(=O)N1CCN(C(=O)c2ccc(Cl)nc2)CC1. The summed E-state index contributed by atoms with van der Waals surface area (Å²) in [5.74, 6) is -0.0761. The molecule has 1 aromatic heterocycles. The normalized spacial score (nSPS) is 15.0. The Morgan fingerprint density at radius 1 is 1.24 bits per heavy atom. The van der Waals surface area contributed by atoms with Gasteiger partial charge in [-0.05, 0) is 18.6 Å². The molecule has 0 unspecified atom stereocenters. The lowest BCUT2D eigenvalue weighted by molar-refractivity contribution is 0.0665. The Balaban J connectivity index is 1.87. The Hall–Kier alpha value is -1.82. The Labute approximate surface area is 129 Å². The molecule has 0 bridgehead atoms. The summed E-state index contributed by atoms with van der Waals surface area (Å²) in [6.45, 7) is 4.83. The molecule has 2 heterocycles. The summed E-state index contributed by atoms with van der Waals surface area (Å²) >= 11 is 5.71. The lowest BCUT2D eigenvalue weighted by atomic mass is 10.2. The third-order valence-electron chi connectivity index (χ3n) is 3.35. The fourth-order valence-electron chi connectivity index (χ4n) is 2.14. The van der Waals surface area contributed by atoms with Gasteiger partial charge >= 0.3 is 6.03 Å². The molecule has 0 radical (unpaired) electrons. The van der Waals surface area contributed by atoms with Crippen LogP contribution in [0.2, 0.25) is 5.15 Å². The third-order valence-corrected chi connectivity index (χ3v) is 3.58. The van der Waals surface area contributed by atoms with E-state index in [1.54, 1.807) is 21.9 Å². The maximum absolute atomic E-state index is 12.3. The minimum absolute atomic E-state index is 0.0582. The zero-order chi connectivity index (χ0) is 15.2. The van der Waals surface area contributed by atoms with Crippen LogP contribution in [0, 0.1) is 0 Å². The van der Waals surface area contributed by atoms with Crippen molar-refractivity contribution in [2.45, 2.75) is 13.3 Å². The monoisotopic (exact) mass is 310 g/mol. The van der Waals surface area contributed by atoms with Crippen LogP contribution in [0.1, 0.15) is 23.7 Å². The second kappa shape index (κ2) is 7.26. The number of pyridine rings is 1. The Morgan fingerprint density at radius 3 is 2.48 bits per heavy atom. The van der Waals surface area contributed by atoms with Gasteiger partial charge in [0.05, 0.1) is 5.56 Å². The minimum atomic E-state index is -0.0761. The summed E-state index contributed by atoms with van der Waals surface area (Å²) in [6, 6.07) is 3.21. The average molecular weight is 311 g/mol. The molecule has 1 aliphatic rings. The molecular formula is C14H19ClN4O2. The van der Waals surface area contributed by atoms with Gasteiger partial charge in [-0.1, -0.05) is 18.5 Å². The number of nitrogens with zero attached hydrogens (tertiary/aromatic N) is 3. The summed E-state index contributed by atoms with van der Waals surface area (Å²) in [4.78, 5) is 31.5. The molecule has 1 fully saturated rings. The van der Waals surface area contributed by atoms with E-state index in [-0.39, 0.29) is 11.9 Å². The highest BCUT2D eigenvalue weighted by molar-refractivity contribution is 6.29. The molecule has 1 aliphatic heterocycles. The van der Waals surface area contributed by atoms with E-state index >= 15 is 0 Å². The number of urea groups is 1. The second-order valence-corrected chi connectivity index (χ2v) is 5.27. The number of carbonyl (C=O) groups is 2. The molecule has 1 saturated heterocycles. The van der Waals surface area contributed by atoms with Crippen LogP contribution < -0.4 is 5.32 Å².